The van der Waals surface area contributed by atoms with E-state index in [1.54, 1.807) is 0 Å². The first-order chi connectivity index (χ1) is 10.6. The van der Waals surface area contributed by atoms with Crippen molar-refractivity contribution in [2.45, 2.75) is 12.0 Å². The van der Waals surface area contributed by atoms with Gasteiger partial charge in [0.1, 0.15) is 12.3 Å². The van der Waals surface area contributed by atoms with Crippen LogP contribution in [0.5, 0.6) is 0 Å². The molecule has 1 rings (SSSR count). The minimum atomic E-state index is -3.82. The SMILES string of the molecule is COCCN(CC(=O)O)C(=O)c1cc(S(=O)(=O)N(C)C)oc1C. The highest BCUT2D eigenvalue weighted by Crippen LogP contribution is 2.22. The van der Waals surface area contributed by atoms with Gasteiger partial charge in [-0.3, -0.25) is 9.59 Å². The molecular weight excluding hydrogens is 328 g/mol. The van der Waals surface area contributed by atoms with Crippen molar-refractivity contribution in [1.29, 1.82) is 0 Å². The van der Waals surface area contributed by atoms with E-state index >= 15 is 0 Å². The highest BCUT2D eigenvalue weighted by atomic mass is 32.2. The maximum absolute atomic E-state index is 12.5. The molecule has 1 N–H and O–H groups in total. The van der Waals surface area contributed by atoms with E-state index in [2.05, 4.69) is 0 Å². The van der Waals surface area contributed by atoms with Crippen molar-refractivity contribution in [2.24, 2.45) is 0 Å². The summed E-state index contributed by atoms with van der Waals surface area (Å²) in [7, 11) is 0.277. The predicted octanol–water partition coefficient (Wildman–Crippen LogP) is 0.0115. The number of methoxy groups -OCH3 is 1. The van der Waals surface area contributed by atoms with Gasteiger partial charge >= 0.3 is 5.97 Å². The third-order valence-electron chi connectivity index (χ3n) is 3.04. The summed E-state index contributed by atoms with van der Waals surface area (Å²) in [5, 5.41) is 8.52. The number of aliphatic carboxylic acids is 1. The molecule has 10 heteroatoms. The Bertz CT molecular complexity index is 678. The maximum atomic E-state index is 12.5. The van der Waals surface area contributed by atoms with Gasteiger partial charge < -0.3 is 19.2 Å². The summed E-state index contributed by atoms with van der Waals surface area (Å²) in [5.74, 6) is -1.72. The van der Waals surface area contributed by atoms with Crippen LogP contribution in [0.25, 0.3) is 0 Å². The van der Waals surface area contributed by atoms with E-state index in [0.29, 0.717) is 0 Å². The van der Waals surface area contributed by atoms with Crippen molar-refractivity contribution < 1.29 is 32.3 Å². The number of amides is 1. The molecule has 0 spiro atoms. The lowest BCUT2D eigenvalue weighted by Gasteiger charge is -2.19. The third kappa shape index (κ3) is 4.53. The van der Waals surface area contributed by atoms with Crippen molar-refractivity contribution in [2.75, 3.05) is 40.9 Å². The molecule has 0 saturated carbocycles. The number of nitrogens with zero attached hydrogens (tertiary/aromatic N) is 2. The number of rotatable bonds is 8. The molecule has 0 atom stereocenters. The number of carbonyl (C=O) groups excluding carboxylic acids is 1. The summed E-state index contributed by atoms with van der Waals surface area (Å²) in [4.78, 5) is 24.4. The quantitative estimate of drug-likeness (QED) is 0.703. The molecule has 1 aromatic heterocycles. The van der Waals surface area contributed by atoms with Crippen LogP contribution >= 0.6 is 0 Å². The van der Waals surface area contributed by atoms with E-state index in [1.165, 1.54) is 28.1 Å². The molecule has 130 valence electrons. The van der Waals surface area contributed by atoms with Crippen molar-refractivity contribution in [1.82, 2.24) is 9.21 Å². The first-order valence-corrected chi connectivity index (χ1v) is 8.08. The lowest BCUT2D eigenvalue weighted by atomic mass is 10.2. The fourth-order valence-corrected chi connectivity index (χ4v) is 2.62. The molecule has 0 saturated heterocycles. The Morgan fingerprint density at radius 2 is 1.96 bits per heavy atom. The number of carboxylic acid groups (broad SMARTS) is 1. The average Bonchev–Trinajstić information content (AvgIpc) is 2.84. The lowest BCUT2D eigenvalue weighted by Crippen LogP contribution is -2.38. The molecular formula is C13H20N2O7S. The van der Waals surface area contributed by atoms with E-state index < -0.39 is 28.4 Å². The van der Waals surface area contributed by atoms with Crippen LogP contribution < -0.4 is 0 Å². The van der Waals surface area contributed by atoms with Gasteiger partial charge in [-0.15, -0.1) is 0 Å². The molecule has 0 aliphatic heterocycles. The van der Waals surface area contributed by atoms with Crippen LogP contribution in [0.4, 0.5) is 0 Å². The highest BCUT2D eigenvalue weighted by Gasteiger charge is 2.28. The Morgan fingerprint density at radius 1 is 1.35 bits per heavy atom. The van der Waals surface area contributed by atoms with E-state index in [0.717, 1.165) is 15.3 Å². The molecule has 0 unspecified atom stereocenters. The molecule has 9 nitrogen and oxygen atoms in total. The lowest BCUT2D eigenvalue weighted by molar-refractivity contribution is -0.137. The molecule has 0 radical (unpaired) electrons. The van der Waals surface area contributed by atoms with E-state index in [4.69, 9.17) is 14.3 Å². The van der Waals surface area contributed by atoms with Gasteiger partial charge in [-0.2, -0.15) is 0 Å². The molecule has 1 amide bonds. The minimum absolute atomic E-state index is 0.00257. The Labute approximate surface area is 134 Å². The number of hydrogen-bond acceptors (Lipinski definition) is 6. The average molecular weight is 348 g/mol. The zero-order valence-corrected chi connectivity index (χ0v) is 14.2. The van der Waals surface area contributed by atoms with Gasteiger partial charge in [0.05, 0.1) is 12.2 Å². The zero-order chi connectivity index (χ0) is 17.8. The minimum Gasteiger partial charge on any atom is -0.480 e. The normalized spacial score (nSPS) is 11.7. The van der Waals surface area contributed by atoms with Gasteiger partial charge in [0, 0.05) is 33.8 Å². The monoisotopic (exact) mass is 348 g/mol. The standard InChI is InChI=1S/C13H20N2O7S/c1-9-10(7-12(22-9)23(19,20)14(2)3)13(18)15(5-6-21-4)8-11(16)17/h7H,5-6,8H2,1-4H3,(H,16,17). The van der Waals surface area contributed by atoms with Crippen LogP contribution in [-0.2, 0) is 19.6 Å². The number of carbonyl (C=O) groups is 2. The first-order valence-electron chi connectivity index (χ1n) is 6.64. The predicted molar refractivity (Wildman–Crippen MR) is 79.7 cm³/mol. The molecule has 23 heavy (non-hydrogen) atoms. The van der Waals surface area contributed by atoms with Crippen molar-refractivity contribution in [3.8, 4) is 0 Å². The van der Waals surface area contributed by atoms with E-state index in [-0.39, 0.29) is 29.6 Å². The Balaban J connectivity index is 3.15. The molecule has 0 aromatic carbocycles. The van der Waals surface area contributed by atoms with Gasteiger partial charge in [0.15, 0.2) is 0 Å². The maximum Gasteiger partial charge on any atom is 0.323 e. The zero-order valence-electron chi connectivity index (χ0n) is 13.4. The summed E-state index contributed by atoms with van der Waals surface area (Å²) < 4.78 is 35.0. The van der Waals surface area contributed by atoms with Crippen LogP contribution in [0, 0.1) is 6.92 Å². The molecule has 0 aliphatic rings. The molecule has 0 aliphatic carbocycles. The number of carboxylic acids is 1. The fourth-order valence-electron chi connectivity index (χ4n) is 1.76. The Hall–Kier alpha value is -1.91. The number of sulfonamides is 1. The molecule has 0 fully saturated rings. The number of aryl methyl sites for hydroxylation is 1. The van der Waals surface area contributed by atoms with Gasteiger partial charge in [-0.05, 0) is 6.92 Å². The van der Waals surface area contributed by atoms with E-state index in [9.17, 15) is 18.0 Å². The second-order valence-corrected chi connectivity index (χ2v) is 7.02. The van der Waals surface area contributed by atoms with Crippen LogP contribution in [-0.4, -0.2) is 75.5 Å². The van der Waals surface area contributed by atoms with Crippen LogP contribution in [0.3, 0.4) is 0 Å². The largest absolute Gasteiger partial charge is 0.480 e. The number of furan rings is 1. The second kappa shape index (κ2) is 7.57. The van der Waals surface area contributed by atoms with Crippen LogP contribution in [0.1, 0.15) is 16.1 Å². The summed E-state index contributed by atoms with van der Waals surface area (Å²) >= 11 is 0. The van der Waals surface area contributed by atoms with Crippen molar-refractivity contribution in [3.63, 3.8) is 0 Å². The van der Waals surface area contributed by atoms with Gasteiger partial charge in [0.2, 0.25) is 5.09 Å². The second-order valence-electron chi connectivity index (χ2n) is 4.94. The smallest absolute Gasteiger partial charge is 0.323 e. The Morgan fingerprint density at radius 3 is 2.43 bits per heavy atom. The molecule has 0 bridgehead atoms. The van der Waals surface area contributed by atoms with Gasteiger partial charge in [0.25, 0.3) is 15.9 Å². The number of ether oxygens (including phenoxy) is 1. The summed E-state index contributed by atoms with van der Waals surface area (Å²) in [6.45, 7) is 1.13. The number of hydrogen-bond donors (Lipinski definition) is 1. The van der Waals surface area contributed by atoms with E-state index in [1.807, 2.05) is 0 Å². The third-order valence-corrected chi connectivity index (χ3v) is 4.71. The summed E-state index contributed by atoms with van der Waals surface area (Å²) in [6, 6.07) is 1.11. The summed E-state index contributed by atoms with van der Waals surface area (Å²) in [6.07, 6.45) is 0. The Kier molecular flexibility index (Phi) is 6.30. The van der Waals surface area contributed by atoms with Crippen LogP contribution in [0.15, 0.2) is 15.6 Å². The van der Waals surface area contributed by atoms with Crippen molar-refractivity contribution in [3.05, 3.63) is 17.4 Å². The first kappa shape index (κ1) is 19.1. The topological polar surface area (TPSA) is 117 Å². The fraction of sp³-hybridized carbons (Fsp3) is 0.538. The van der Waals surface area contributed by atoms with Crippen molar-refractivity contribution >= 4 is 21.9 Å². The molecule has 1 aromatic rings. The van der Waals surface area contributed by atoms with Crippen LogP contribution in [0.2, 0.25) is 0 Å². The highest BCUT2D eigenvalue weighted by molar-refractivity contribution is 7.88. The summed E-state index contributed by atoms with van der Waals surface area (Å²) in [5.41, 5.74) is 0.00257. The van der Waals surface area contributed by atoms with Gasteiger partial charge in [-0.1, -0.05) is 0 Å². The van der Waals surface area contributed by atoms with Gasteiger partial charge in [-0.25, -0.2) is 12.7 Å². The molecule has 1 heterocycles.